The number of aromatic nitrogens is 1. The minimum atomic E-state index is -0.614. The van der Waals surface area contributed by atoms with Gasteiger partial charge in [-0.1, -0.05) is 36.4 Å². The van der Waals surface area contributed by atoms with E-state index in [-0.39, 0.29) is 35.5 Å². The van der Waals surface area contributed by atoms with Crippen LogP contribution >= 0.6 is 11.8 Å². The number of rotatable bonds is 10. The lowest BCUT2D eigenvalue weighted by Crippen LogP contribution is -2.54. The van der Waals surface area contributed by atoms with Crippen LogP contribution in [-0.4, -0.2) is 82.3 Å². The fourth-order valence-electron chi connectivity index (χ4n) is 6.87. The van der Waals surface area contributed by atoms with Gasteiger partial charge in [0.15, 0.2) is 0 Å². The number of halogens is 1. The van der Waals surface area contributed by atoms with Crippen molar-refractivity contribution in [2.45, 2.75) is 83.1 Å². The Kier molecular flexibility index (Phi) is 11.1. The van der Waals surface area contributed by atoms with Crippen LogP contribution in [0, 0.1) is 5.82 Å². The van der Waals surface area contributed by atoms with Gasteiger partial charge in [-0.2, -0.15) is 0 Å². The van der Waals surface area contributed by atoms with Gasteiger partial charge in [-0.3, -0.25) is 19.5 Å². The zero-order valence-electron chi connectivity index (χ0n) is 27.9. The Hall–Kier alpha value is -3.80. The molecule has 0 radical (unpaired) electrons. The summed E-state index contributed by atoms with van der Waals surface area (Å²) in [5.41, 5.74) is 3.35. The predicted molar refractivity (Wildman–Crippen MR) is 189 cm³/mol. The fraction of sp³-hybridized carbons (Fsp3) is 0.459. The van der Waals surface area contributed by atoms with E-state index in [9.17, 15) is 14.0 Å². The molecule has 3 aromatic rings. The lowest BCUT2D eigenvalue weighted by molar-refractivity contribution is -0.122. The van der Waals surface area contributed by atoms with Crippen molar-refractivity contribution >= 4 is 28.6 Å². The van der Waals surface area contributed by atoms with Crippen LogP contribution in [0.5, 0.6) is 11.6 Å². The van der Waals surface area contributed by atoms with Crippen molar-refractivity contribution in [2.24, 2.45) is 4.99 Å². The van der Waals surface area contributed by atoms with Crippen molar-refractivity contribution in [2.75, 3.05) is 25.4 Å². The summed E-state index contributed by atoms with van der Waals surface area (Å²) in [5.74, 6) is 0.146. The Morgan fingerprint density at radius 2 is 1.69 bits per heavy atom. The Labute approximate surface area is 286 Å². The molecule has 48 heavy (non-hydrogen) atoms. The van der Waals surface area contributed by atoms with Crippen LogP contribution in [0.2, 0.25) is 0 Å². The van der Waals surface area contributed by atoms with Crippen molar-refractivity contribution in [1.29, 1.82) is 0 Å². The number of thioether (sulfide) groups is 1. The molecule has 11 heteroatoms. The zero-order valence-corrected chi connectivity index (χ0v) is 28.7. The van der Waals surface area contributed by atoms with Crippen LogP contribution < -0.4 is 20.7 Å². The van der Waals surface area contributed by atoms with Crippen molar-refractivity contribution in [3.05, 3.63) is 77.7 Å². The highest BCUT2D eigenvalue weighted by molar-refractivity contribution is 8.14. The van der Waals surface area contributed by atoms with Gasteiger partial charge in [0.1, 0.15) is 23.2 Å². The SMILES string of the molecule is CC1=NC(C(=O)N[C@H]2CC[C@@H](NC(=O)c3cc(F)cnc3Oc3cccc(-c4ccc(CCN5C[C@@H](C)N[C@@H](C)C5)cc4)c3)CC2)CS1. The van der Waals surface area contributed by atoms with E-state index in [0.717, 1.165) is 67.3 Å². The second-order valence-corrected chi connectivity index (χ2v) is 14.5. The number of carbonyl (C=O) groups is 2. The molecule has 9 nitrogen and oxygen atoms in total. The van der Waals surface area contributed by atoms with E-state index < -0.39 is 11.7 Å². The van der Waals surface area contributed by atoms with E-state index in [0.29, 0.717) is 36.4 Å². The number of hydrogen-bond acceptors (Lipinski definition) is 8. The predicted octanol–water partition coefficient (Wildman–Crippen LogP) is 5.60. The molecule has 3 heterocycles. The van der Waals surface area contributed by atoms with Crippen LogP contribution in [0.25, 0.3) is 11.1 Å². The van der Waals surface area contributed by atoms with Crippen LogP contribution in [0.15, 0.2) is 65.8 Å². The summed E-state index contributed by atoms with van der Waals surface area (Å²) in [6.07, 6.45) is 4.94. The van der Waals surface area contributed by atoms with E-state index in [1.54, 1.807) is 17.8 Å². The first-order valence-electron chi connectivity index (χ1n) is 17.0. The second-order valence-electron chi connectivity index (χ2n) is 13.3. The number of benzene rings is 2. The van der Waals surface area contributed by atoms with Gasteiger partial charge in [-0.05, 0) is 87.8 Å². The Morgan fingerprint density at radius 3 is 2.38 bits per heavy atom. The monoisotopic (exact) mass is 672 g/mol. The number of ether oxygens (including phenoxy) is 1. The van der Waals surface area contributed by atoms with Gasteiger partial charge < -0.3 is 20.7 Å². The Balaban J connectivity index is 1.04. The molecule has 1 unspecified atom stereocenters. The lowest BCUT2D eigenvalue weighted by atomic mass is 9.90. The first-order valence-corrected chi connectivity index (χ1v) is 18.0. The number of amides is 2. The van der Waals surface area contributed by atoms with Gasteiger partial charge in [-0.25, -0.2) is 9.37 Å². The van der Waals surface area contributed by atoms with Gasteiger partial charge in [0, 0.05) is 49.6 Å². The number of piperazine rings is 1. The first kappa shape index (κ1) is 34.1. The molecule has 2 amide bonds. The fourth-order valence-corrected chi connectivity index (χ4v) is 7.69. The summed E-state index contributed by atoms with van der Waals surface area (Å²) in [6, 6.07) is 18.0. The number of aliphatic imine (C=N–C) groups is 1. The molecular weight excluding hydrogens is 628 g/mol. The number of carbonyl (C=O) groups excluding carboxylic acids is 2. The maximum Gasteiger partial charge on any atom is 0.257 e. The molecule has 1 aromatic heterocycles. The molecule has 1 saturated carbocycles. The molecule has 6 rings (SSSR count). The molecule has 2 aliphatic heterocycles. The average molecular weight is 673 g/mol. The summed E-state index contributed by atoms with van der Waals surface area (Å²) >= 11 is 1.61. The van der Waals surface area contributed by atoms with Crippen LogP contribution in [0.3, 0.4) is 0 Å². The molecule has 2 aromatic carbocycles. The number of hydrogen-bond donors (Lipinski definition) is 3. The molecule has 3 atom stereocenters. The summed E-state index contributed by atoms with van der Waals surface area (Å²) < 4.78 is 20.4. The van der Waals surface area contributed by atoms with Crippen molar-refractivity contribution in [1.82, 2.24) is 25.8 Å². The van der Waals surface area contributed by atoms with Gasteiger partial charge in [0.25, 0.3) is 5.91 Å². The summed E-state index contributed by atoms with van der Waals surface area (Å²) in [5, 5.41) is 10.7. The summed E-state index contributed by atoms with van der Waals surface area (Å²) in [4.78, 5) is 37.0. The Morgan fingerprint density at radius 1 is 0.979 bits per heavy atom. The van der Waals surface area contributed by atoms with E-state index in [2.05, 4.69) is 68.9 Å². The molecule has 1 saturated heterocycles. The highest BCUT2D eigenvalue weighted by Crippen LogP contribution is 2.29. The maximum atomic E-state index is 14.3. The smallest absolute Gasteiger partial charge is 0.257 e. The van der Waals surface area contributed by atoms with Gasteiger partial charge in [0.05, 0.1) is 11.2 Å². The molecule has 3 N–H and O–H groups in total. The van der Waals surface area contributed by atoms with E-state index >= 15 is 0 Å². The highest BCUT2D eigenvalue weighted by atomic mass is 32.2. The second kappa shape index (κ2) is 15.6. The lowest BCUT2D eigenvalue weighted by Gasteiger charge is -2.36. The van der Waals surface area contributed by atoms with Crippen LogP contribution in [0.1, 0.15) is 62.4 Å². The van der Waals surface area contributed by atoms with E-state index in [4.69, 9.17) is 4.74 Å². The standard InChI is InChI=1S/C37H45FN6O3S/c1-23-20-44(21-24(2)40-23)16-15-26-7-9-27(10-8-26)28-5-4-6-32(17-28)47-37-33(18-29(38)19-39-37)35(45)42-30-11-13-31(14-12-30)43-36(46)34-22-48-25(3)41-34/h4-10,17-19,23-24,30-31,34,40H,11-16,20-22H2,1-3H3,(H,42,45)(H,43,46)/t23-,24+,30-,31+,34?. The molecule has 254 valence electrons. The van der Waals surface area contributed by atoms with Crippen molar-refractivity contribution < 1.29 is 18.7 Å². The van der Waals surface area contributed by atoms with Crippen LogP contribution in [-0.2, 0) is 11.2 Å². The molecule has 2 fully saturated rings. The van der Waals surface area contributed by atoms with Gasteiger partial charge in [-0.15, -0.1) is 11.8 Å². The van der Waals surface area contributed by atoms with Gasteiger partial charge in [0.2, 0.25) is 11.8 Å². The average Bonchev–Trinajstić information content (AvgIpc) is 3.52. The largest absolute Gasteiger partial charge is 0.438 e. The highest BCUT2D eigenvalue weighted by Gasteiger charge is 2.29. The first-order chi connectivity index (χ1) is 23.2. The van der Waals surface area contributed by atoms with Crippen molar-refractivity contribution in [3.63, 3.8) is 0 Å². The third-order valence-corrected chi connectivity index (χ3v) is 10.3. The van der Waals surface area contributed by atoms with Crippen molar-refractivity contribution in [3.8, 4) is 22.8 Å². The normalized spacial score (nSPS) is 24.5. The minimum absolute atomic E-state index is 0.0358. The molecular formula is C37H45FN6O3S. The third-order valence-electron chi connectivity index (χ3n) is 9.25. The van der Waals surface area contributed by atoms with Crippen LogP contribution in [0.4, 0.5) is 4.39 Å². The quantitative estimate of drug-likeness (QED) is 0.258. The molecule has 3 aliphatic rings. The van der Waals surface area contributed by atoms with E-state index in [1.807, 2.05) is 25.1 Å². The molecule has 0 spiro atoms. The summed E-state index contributed by atoms with van der Waals surface area (Å²) in [6.45, 7) is 9.57. The Bertz CT molecular complexity index is 1620. The molecule has 0 bridgehead atoms. The molecule has 1 aliphatic carbocycles. The zero-order chi connectivity index (χ0) is 33.6. The maximum absolute atomic E-state index is 14.3. The third kappa shape index (κ3) is 9.00. The van der Waals surface area contributed by atoms with Gasteiger partial charge >= 0.3 is 0 Å². The minimum Gasteiger partial charge on any atom is -0.438 e. The number of nitrogens with one attached hydrogen (secondary N) is 3. The number of nitrogens with zero attached hydrogens (tertiary/aromatic N) is 3. The summed E-state index contributed by atoms with van der Waals surface area (Å²) in [7, 11) is 0. The number of pyridine rings is 1. The van der Waals surface area contributed by atoms with E-state index in [1.165, 1.54) is 5.56 Å². The topological polar surface area (TPSA) is 108 Å².